The van der Waals surface area contributed by atoms with Gasteiger partial charge in [0.25, 0.3) is 0 Å². The summed E-state index contributed by atoms with van der Waals surface area (Å²) in [6, 6.07) is 16.4. The zero-order chi connectivity index (χ0) is 20.9. The molecule has 30 heavy (non-hydrogen) atoms. The second-order valence-electron chi connectivity index (χ2n) is 7.20. The van der Waals surface area contributed by atoms with Crippen molar-refractivity contribution in [2.45, 2.75) is 0 Å². The van der Waals surface area contributed by atoms with E-state index in [1.807, 2.05) is 36.7 Å². The van der Waals surface area contributed by atoms with Gasteiger partial charge in [0, 0.05) is 69.7 Å². The number of halogens is 2. The van der Waals surface area contributed by atoms with Gasteiger partial charge in [-0.1, -0.05) is 31.9 Å². The molecule has 0 aliphatic carbocycles. The second-order valence-corrected chi connectivity index (χ2v) is 9.03. The first kappa shape index (κ1) is 21.0. The van der Waals surface area contributed by atoms with Gasteiger partial charge >= 0.3 is 0 Å². The standard InChI is InChI=1S/C23H23Br2N5/c1-30(12-10-28-20-6-8-26-22-14-16(24)2-4-18(20)22)13-11-29-21-7-9-27-23-15-17(25)3-5-19(21)23/h2-9,14-15H,10-13H2,1H3,(H,26,28)(H,27,29). The van der Waals surface area contributed by atoms with E-state index < -0.39 is 0 Å². The average Bonchev–Trinajstić information content (AvgIpc) is 2.73. The topological polar surface area (TPSA) is 53.1 Å². The van der Waals surface area contributed by atoms with Gasteiger partial charge in [-0.25, -0.2) is 0 Å². The van der Waals surface area contributed by atoms with E-state index in [1.165, 1.54) is 0 Å². The Balaban J connectivity index is 1.28. The Bertz CT molecular complexity index is 1070. The van der Waals surface area contributed by atoms with Gasteiger partial charge in [0.1, 0.15) is 0 Å². The largest absolute Gasteiger partial charge is 0.383 e. The normalized spacial score (nSPS) is 11.3. The highest BCUT2D eigenvalue weighted by atomic mass is 79.9. The number of fused-ring (bicyclic) bond motifs is 2. The van der Waals surface area contributed by atoms with Crippen molar-refractivity contribution in [3.8, 4) is 0 Å². The Hall–Kier alpha value is -2.22. The lowest BCUT2D eigenvalue weighted by Gasteiger charge is -2.19. The highest BCUT2D eigenvalue weighted by molar-refractivity contribution is 9.10. The molecule has 2 aromatic carbocycles. The van der Waals surface area contributed by atoms with E-state index in [4.69, 9.17) is 0 Å². The molecule has 2 aromatic heterocycles. The van der Waals surface area contributed by atoms with Crippen molar-refractivity contribution in [1.29, 1.82) is 0 Å². The number of hydrogen-bond acceptors (Lipinski definition) is 5. The van der Waals surface area contributed by atoms with Gasteiger partial charge in [0.15, 0.2) is 0 Å². The zero-order valence-electron chi connectivity index (χ0n) is 16.7. The van der Waals surface area contributed by atoms with Crippen LogP contribution >= 0.6 is 31.9 Å². The van der Waals surface area contributed by atoms with Gasteiger partial charge in [0.2, 0.25) is 0 Å². The molecule has 0 saturated heterocycles. The smallest absolute Gasteiger partial charge is 0.0733 e. The number of anilines is 2. The van der Waals surface area contributed by atoms with Crippen molar-refractivity contribution in [2.24, 2.45) is 0 Å². The molecular weight excluding hydrogens is 506 g/mol. The van der Waals surface area contributed by atoms with E-state index >= 15 is 0 Å². The van der Waals surface area contributed by atoms with Gasteiger partial charge in [0.05, 0.1) is 11.0 Å². The average molecular weight is 529 g/mol. The number of pyridine rings is 2. The molecule has 5 nitrogen and oxygen atoms in total. The van der Waals surface area contributed by atoms with E-state index in [2.05, 4.69) is 88.7 Å². The first-order valence-electron chi connectivity index (χ1n) is 9.85. The van der Waals surface area contributed by atoms with E-state index in [1.54, 1.807) is 0 Å². The Kier molecular flexibility index (Phi) is 6.82. The SMILES string of the molecule is CN(CCNc1ccnc2cc(Br)ccc12)CCNc1ccnc2cc(Br)ccc12. The van der Waals surface area contributed by atoms with Crippen LogP contribution in [0, 0.1) is 0 Å². The minimum atomic E-state index is 0.873. The second kappa shape index (κ2) is 9.73. The summed E-state index contributed by atoms with van der Waals surface area (Å²) in [6.07, 6.45) is 3.70. The fourth-order valence-electron chi connectivity index (χ4n) is 3.43. The molecule has 154 valence electrons. The van der Waals surface area contributed by atoms with Crippen LogP contribution < -0.4 is 10.6 Å². The lowest BCUT2D eigenvalue weighted by atomic mass is 10.2. The zero-order valence-corrected chi connectivity index (χ0v) is 19.9. The molecule has 0 unspecified atom stereocenters. The monoisotopic (exact) mass is 527 g/mol. The summed E-state index contributed by atoms with van der Waals surface area (Å²) in [5, 5.41) is 9.37. The lowest BCUT2D eigenvalue weighted by molar-refractivity contribution is 0.361. The van der Waals surface area contributed by atoms with Crippen LogP contribution in [0.5, 0.6) is 0 Å². The number of nitrogens with one attached hydrogen (secondary N) is 2. The lowest BCUT2D eigenvalue weighted by Crippen LogP contribution is -2.29. The van der Waals surface area contributed by atoms with Gasteiger partial charge in [-0.2, -0.15) is 0 Å². The third-order valence-corrected chi connectivity index (χ3v) is 6.01. The fourth-order valence-corrected chi connectivity index (χ4v) is 4.12. The van der Waals surface area contributed by atoms with Crippen LogP contribution in [0.2, 0.25) is 0 Å². The van der Waals surface area contributed by atoms with Crippen molar-refractivity contribution in [3.63, 3.8) is 0 Å². The first-order chi connectivity index (χ1) is 14.6. The number of nitrogens with zero attached hydrogens (tertiary/aromatic N) is 3. The molecule has 0 atom stereocenters. The van der Waals surface area contributed by atoms with Gasteiger partial charge < -0.3 is 15.5 Å². The number of hydrogen-bond donors (Lipinski definition) is 2. The third-order valence-electron chi connectivity index (χ3n) is 5.03. The molecule has 0 spiro atoms. The Morgan fingerprint density at radius 1 is 0.733 bits per heavy atom. The van der Waals surface area contributed by atoms with E-state index in [-0.39, 0.29) is 0 Å². The Labute approximate surface area is 193 Å². The summed E-state index contributed by atoms with van der Waals surface area (Å²) in [6.45, 7) is 3.65. The summed E-state index contributed by atoms with van der Waals surface area (Å²) in [7, 11) is 2.15. The Morgan fingerprint density at radius 3 is 1.67 bits per heavy atom. The molecule has 0 amide bonds. The van der Waals surface area contributed by atoms with Gasteiger partial charge in [-0.15, -0.1) is 0 Å². The maximum absolute atomic E-state index is 4.45. The van der Waals surface area contributed by atoms with E-state index in [0.717, 1.165) is 68.3 Å². The van der Waals surface area contributed by atoms with Crippen LogP contribution in [0.1, 0.15) is 0 Å². The van der Waals surface area contributed by atoms with E-state index in [9.17, 15) is 0 Å². The number of likely N-dealkylation sites (N-methyl/N-ethyl adjacent to an activating group) is 1. The van der Waals surface area contributed by atoms with Crippen molar-refractivity contribution in [3.05, 3.63) is 69.9 Å². The predicted molar refractivity (Wildman–Crippen MR) is 133 cm³/mol. The van der Waals surface area contributed by atoms with Gasteiger partial charge in [-0.05, 0) is 55.6 Å². The van der Waals surface area contributed by atoms with Crippen LogP contribution in [0.3, 0.4) is 0 Å². The molecule has 0 fully saturated rings. The summed E-state index contributed by atoms with van der Waals surface area (Å²) in [5.41, 5.74) is 4.22. The quantitative estimate of drug-likeness (QED) is 0.304. The van der Waals surface area contributed by atoms with Crippen LogP contribution in [0.15, 0.2) is 69.9 Å². The van der Waals surface area contributed by atoms with Gasteiger partial charge in [-0.3, -0.25) is 9.97 Å². The maximum Gasteiger partial charge on any atom is 0.0733 e. The number of benzene rings is 2. The molecule has 2 heterocycles. The molecule has 7 heteroatoms. The number of aromatic nitrogens is 2. The summed E-state index contributed by atoms with van der Waals surface area (Å²) in [4.78, 5) is 11.2. The summed E-state index contributed by atoms with van der Waals surface area (Å²) >= 11 is 7.01. The van der Waals surface area contributed by atoms with Crippen LogP contribution in [0.4, 0.5) is 11.4 Å². The summed E-state index contributed by atoms with van der Waals surface area (Å²) < 4.78 is 2.09. The molecule has 0 saturated carbocycles. The van der Waals surface area contributed by atoms with Crippen LogP contribution in [0.25, 0.3) is 21.8 Å². The van der Waals surface area contributed by atoms with E-state index in [0.29, 0.717) is 0 Å². The van der Waals surface area contributed by atoms with Crippen molar-refractivity contribution in [2.75, 3.05) is 43.9 Å². The van der Waals surface area contributed by atoms with Crippen molar-refractivity contribution >= 4 is 65.0 Å². The summed E-state index contributed by atoms with van der Waals surface area (Å²) in [5.74, 6) is 0. The fraction of sp³-hybridized carbons (Fsp3) is 0.217. The molecule has 4 aromatic rings. The molecular formula is C23H23Br2N5. The minimum Gasteiger partial charge on any atom is -0.383 e. The molecule has 0 aliphatic heterocycles. The molecule has 0 bridgehead atoms. The highest BCUT2D eigenvalue weighted by Crippen LogP contribution is 2.25. The van der Waals surface area contributed by atoms with Crippen molar-refractivity contribution in [1.82, 2.24) is 14.9 Å². The maximum atomic E-state index is 4.45. The highest BCUT2D eigenvalue weighted by Gasteiger charge is 2.05. The Morgan fingerprint density at radius 2 is 1.20 bits per heavy atom. The molecule has 4 rings (SSSR count). The molecule has 0 aliphatic rings. The minimum absolute atomic E-state index is 0.873. The van der Waals surface area contributed by atoms with Crippen LogP contribution in [-0.4, -0.2) is 48.1 Å². The molecule has 2 N–H and O–H groups in total. The predicted octanol–water partition coefficient (Wildman–Crippen LogP) is 5.76. The number of rotatable bonds is 8. The van der Waals surface area contributed by atoms with Crippen molar-refractivity contribution < 1.29 is 0 Å². The molecule has 0 radical (unpaired) electrons. The van der Waals surface area contributed by atoms with Crippen LogP contribution in [-0.2, 0) is 0 Å². The third kappa shape index (κ3) is 5.09. The first-order valence-corrected chi connectivity index (χ1v) is 11.4.